The molecule has 0 N–H and O–H groups in total. The Balaban J connectivity index is 1.91. The van der Waals surface area contributed by atoms with Crippen LogP contribution < -0.4 is 0 Å². The zero-order valence-electron chi connectivity index (χ0n) is 14.8. The van der Waals surface area contributed by atoms with Gasteiger partial charge in [0, 0.05) is 15.2 Å². The van der Waals surface area contributed by atoms with Crippen LogP contribution in [-0.4, -0.2) is 10.5 Å². The molecular weight excluding hydrogens is 324 g/mol. The quantitative estimate of drug-likeness (QED) is 0.300. The molecular formula is C23H22OS. The first-order valence-electron chi connectivity index (χ1n) is 8.42. The summed E-state index contributed by atoms with van der Waals surface area (Å²) in [5.74, 6) is 0.0419. The van der Waals surface area contributed by atoms with Crippen LogP contribution in [0.1, 0.15) is 36.7 Å². The third-order valence-corrected chi connectivity index (χ3v) is 4.99. The number of hydrogen-bond donors (Lipinski definition) is 0. The Morgan fingerprint density at radius 2 is 1.56 bits per heavy atom. The van der Waals surface area contributed by atoms with Crippen LogP contribution in [0, 0.1) is 0 Å². The summed E-state index contributed by atoms with van der Waals surface area (Å²) >= 11 is 1.73. The second-order valence-corrected chi connectivity index (χ2v) is 8.85. The fourth-order valence-electron chi connectivity index (χ4n) is 2.74. The van der Waals surface area contributed by atoms with Gasteiger partial charge in [-0.2, -0.15) is 0 Å². The molecule has 0 heterocycles. The highest BCUT2D eigenvalue weighted by Gasteiger charge is 2.16. The highest BCUT2D eigenvalue weighted by molar-refractivity contribution is 8.00. The van der Waals surface area contributed by atoms with Gasteiger partial charge in [-0.1, -0.05) is 81.4 Å². The first-order valence-corrected chi connectivity index (χ1v) is 9.24. The number of ketones is 1. The molecule has 2 heteroatoms. The van der Waals surface area contributed by atoms with Crippen molar-refractivity contribution in [2.24, 2.45) is 0 Å². The van der Waals surface area contributed by atoms with E-state index >= 15 is 0 Å². The summed E-state index contributed by atoms with van der Waals surface area (Å²) in [7, 11) is 0. The minimum absolute atomic E-state index is 0.0419. The maximum Gasteiger partial charge on any atom is 0.186 e. The van der Waals surface area contributed by atoms with Gasteiger partial charge in [0.15, 0.2) is 5.78 Å². The van der Waals surface area contributed by atoms with Crippen LogP contribution in [0.15, 0.2) is 77.7 Å². The molecule has 0 fully saturated rings. The second-order valence-electron chi connectivity index (χ2n) is 6.98. The van der Waals surface area contributed by atoms with Crippen LogP contribution in [0.25, 0.3) is 16.8 Å². The molecule has 0 saturated heterocycles. The lowest BCUT2D eigenvalue weighted by Gasteiger charge is -2.19. The Hall–Kier alpha value is -2.32. The van der Waals surface area contributed by atoms with Crippen molar-refractivity contribution in [3.63, 3.8) is 0 Å². The van der Waals surface area contributed by atoms with Gasteiger partial charge in [-0.25, -0.2) is 0 Å². The summed E-state index contributed by atoms with van der Waals surface area (Å²) in [6, 6.07) is 22.2. The highest BCUT2D eigenvalue weighted by Crippen LogP contribution is 2.34. The van der Waals surface area contributed by atoms with E-state index in [2.05, 4.69) is 39.0 Å². The van der Waals surface area contributed by atoms with Crippen LogP contribution in [-0.2, 0) is 0 Å². The molecule has 3 aromatic rings. The monoisotopic (exact) mass is 346 g/mol. The van der Waals surface area contributed by atoms with Gasteiger partial charge in [-0.15, -0.1) is 11.8 Å². The molecule has 0 amide bonds. The van der Waals surface area contributed by atoms with E-state index in [1.807, 2.05) is 54.6 Å². The zero-order chi connectivity index (χ0) is 17.9. The lowest BCUT2D eigenvalue weighted by Crippen LogP contribution is -2.08. The van der Waals surface area contributed by atoms with E-state index in [1.165, 1.54) is 5.39 Å². The van der Waals surface area contributed by atoms with Gasteiger partial charge in [-0.3, -0.25) is 4.79 Å². The lowest BCUT2D eigenvalue weighted by atomic mass is 10.0. The van der Waals surface area contributed by atoms with E-state index in [9.17, 15) is 4.79 Å². The molecule has 25 heavy (non-hydrogen) atoms. The van der Waals surface area contributed by atoms with Gasteiger partial charge in [0.1, 0.15) is 0 Å². The summed E-state index contributed by atoms with van der Waals surface area (Å²) in [6.07, 6.45) is 3.60. The highest BCUT2D eigenvalue weighted by atomic mass is 32.2. The van der Waals surface area contributed by atoms with Crippen molar-refractivity contribution in [1.29, 1.82) is 0 Å². The molecule has 0 aliphatic rings. The molecule has 0 unspecified atom stereocenters. The van der Waals surface area contributed by atoms with Crippen LogP contribution in [0.3, 0.4) is 0 Å². The Morgan fingerprint density at radius 1 is 0.880 bits per heavy atom. The summed E-state index contributed by atoms with van der Waals surface area (Å²) in [5.41, 5.74) is 1.83. The molecule has 0 aliphatic heterocycles. The van der Waals surface area contributed by atoms with E-state index in [0.717, 1.165) is 21.4 Å². The van der Waals surface area contributed by atoms with Gasteiger partial charge in [0.2, 0.25) is 0 Å². The van der Waals surface area contributed by atoms with Crippen molar-refractivity contribution in [2.75, 3.05) is 0 Å². The number of carbonyl (C=O) groups excluding carboxylic acids is 1. The summed E-state index contributed by atoms with van der Waals surface area (Å²) in [4.78, 5) is 13.8. The van der Waals surface area contributed by atoms with Crippen molar-refractivity contribution >= 4 is 34.4 Å². The van der Waals surface area contributed by atoms with Crippen LogP contribution >= 0.6 is 11.8 Å². The number of thioether (sulfide) groups is 1. The van der Waals surface area contributed by atoms with Gasteiger partial charge in [0.05, 0.1) is 0 Å². The lowest BCUT2D eigenvalue weighted by molar-refractivity contribution is 0.104. The molecule has 0 atom stereocenters. The first kappa shape index (κ1) is 17.5. The number of carbonyl (C=O) groups is 1. The van der Waals surface area contributed by atoms with Crippen LogP contribution in [0.4, 0.5) is 0 Å². The van der Waals surface area contributed by atoms with Crippen molar-refractivity contribution < 1.29 is 4.79 Å². The summed E-state index contributed by atoms with van der Waals surface area (Å²) in [6.45, 7) is 6.47. The molecule has 0 spiro atoms. The van der Waals surface area contributed by atoms with Gasteiger partial charge in [0.25, 0.3) is 0 Å². The summed E-state index contributed by atoms with van der Waals surface area (Å²) < 4.78 is 0.0652. The minimum atomic E-state index is 0.0419. The minimum Gasteiger partial charge on any atom is -0.289 e. The molecule has 0 aromatic heterocycles. The van der Waals surface area contributed by atoms with E-state index in [4.69, 9.17) is 0 Å². The Morgan fingerprint density at radius 3 is 2.36 bits per heavy atom. The van der Waals surface area contributed by atoms with E-state index in [-0.39, 0.29) is 10.5 Å². The molecule has 0 saturated carbocycles. The third-order valence-electron chi connectivity index (χ3n) is 3.81. The maximum absolute atomic E-state index is 12.8. The Labute approximate surface area is 153 Å². The number of hydrogen-bond acceptors (Lipinski definition) is 2. The Kier molecular flexibility index (Phi) is 5.10. The van der Waals surface area contributed by atoms with Crippen molar-refractivity contribution in [3.8, 4) is 0 Å². The Bertz CT molecular complexity index is 927. The van der Waals surface area contributed by atoms with Crippen molar-refractivity contribution in [3.05, 3.63) is 83.9 Å². The zero-order valence-corrected chi connectivity index (χ0v) is 15.6. The van der Waals surface area contributed by atoms with Gasteiger partial charge in [-0.05, 0) is 34.5 Å². The fourth-order valence-corrected chi connectivity index (χ4v) is 3.83. The van der Waals surface area contributed by atoms with E-state index < -0.39 is 0 Å². The average Bonchev–Trinajstić information content (AvgIpc) is 2.58. The maximum atomic E-state index is 12.8. The second kappa shape index (κ2) is 7.28. The summed E-state index contributed by atoms with van der Waals surface area (Å²) in [5, 5.41) is 2.34. The standard InChI is InChI=1S/C23H22OS/c1-23(2,3)25-22-14-7-6-13-20(22)21(24)16-15-18-11-8-10-17-9-4-5-12-19(17)18/h4-16H,1-3H3/b16-15+. The fraction of sp³-hybridized carbons (Fsp3) is 0.174. The average molecular weight is 346 g/mol. The van der Waals surface area contributed by atoms with Crippen molar-refractivity contribution in [2.45, 2.75) is 30.4 Å². The SMILES string of the molecule is CC(C)(C)Sc1ccccc1C(=O)/C=C/c1cccc2ccccc12. The smallest absolute Gasteiger partial charge is 0.186 e. The third kappa shape index (κ3) is 4.40. The molecule has 0 bridgehead atoms. The van der Waals surface area contributed by atoms with E-state index in [0.29, 0.717) is 0 Å². The normalized spacial score (nSPS) is 12.0. The molecule has 0 aliphatic carbocycles. The topological polar surface area (TPSA) is 17.1 Å². The van der Waals surface area contributed by atoms with Crippen LogP contribution in [0.5, 0.6) is 0 Å². The number of fused-ring (bicyclic) bond motifs is 1. The van der Waals surface area contributed by atoms with Crippen LogP contribution in [0.2, 0.25) is 0 Å². The largest absolute Gasteiger partial charge is 0.289 e. The molecule has 1 nitrogen and oxygen atoms in total. The predicted octanol–water partition coefficient (Wildman–Crippen LogP) is 6.63. The molecule has 126 valence electrons. The molecule has 0 radical (unpaired) electrons. The number of allylic oxidation sites excluding steroid dienone is 1. The number of rotatable bonds is 4. The van der Waals surface area contributed by atoms with Crippen molar-refractivity contribution in [1.82, 2.24) is 0 Å². The van der Waals surface area contributed by atoms with Gasteiger partial charge < -0.3 is 0 Å². The first-order chi connectivity index (χ1) is 11.9. The molecule has 3 aromatic carbocycles. The number of benzene rings is 3. The van der Waals surface area contributed by atoms with E-state index in [1.54, 1.807) is 17.8 Å². The molecule has 3 rings (SSSR count). The van der Waals surface area contributed by atoms with Gasteiger partial charge >= 0.3 is 0 Å². The predicted molar refractivity (Wildman–Crippen MR) is 109 cm³/mol.